The molecule has 0 saturated heterocycles. The van der Waals surface area contributed by atoms with E-state index < -0.39 is 10.0 Å². The van der Waals surface area contributed by atoms with E-state index >= 15 is 0 Å². The predicted octanol–water partition coefficient (Wildman–Crippen LogP) is 2.99. The van der Waals surface area contributed by atoms with Crippen LogP contribution in [0.2, 0.25) is 0 Å². The summed E-state index contributed by atoms with van der Waals surface area (Å²) in [4.78, 5) is 0.0934. The van der Waals surface area contributed by atoms with Gasteiger partial charge in [0.05, 0.1) is 11.4 Å². The van der Waals surface area contributed by atoms with E-state index in [1.54, 1.807) is 30.3 Å². The molecule has 0 aliphatic carbocycles. The van der Waals surface area contributed by atoms with E-state index in [9.17, 15) is 8.42 Å². The second-order valence-electron chi connectivity index (χ2n) is 6.27. The zero-order valence-electron chi connectivity index (χ0n) is 15.5. The number of hydrogen-bond acceptors (Lipinski definition) is 4. The van der Waals surface area contributed by atoms with Crippen molar-refractivity contribution in [3.63, 3.8) is 0 Å². The van der Waals surface area contributed by atoms with E-state index in [0.717, 1.165) is 16.8 Å². The van der Waals surface area contributed by atoms with E-state index in [4.69, 9.17) is 16.3 Å². The number of sulfonamides is 1. The molecule has 0 saturated carbocycles. The molecule has 0 amide bonds. The molecule has 0 heterocycles. The number of hydrogen-bond donors (Lipinski definition) is 4. The van der Waals surface area contributed by atoms with Gasteiger partial charge in [-0.3, -0.25) is 5.41 Å². The van der Waals surface area contributed by atoms with Crippen LogP contribution >= 0.6 is 0 Å². The Morgan fingerprint density at radius 2 is 1.76 bits per heavy atom. The van der Waals surface area contributed by atoms with Crippen molar-refractivity contribution in [1.82, 2.24) is 0 Å². The van der Waals surface area contributed by atoms with Crippen molar-refractivity contribution in [2.24, 2.45) is 10.9 Å². The van der Waals surface area contributed by atoms with E-state index in [1.165, 1.54) is 6.07 Å². The Hall–Kier alpha value is -3.60. The minimum atomic E-state index is -3.80. The van der Waals surface area contributed by atoms with E-state index in [0.29, 0.717) is 17.7 Å². The molecule has 3 aromatic carbocycles. The van der Waals surface area contributed by atoms with Crippen LogP contribution in [0.25, 0.3) is 11.1 Å². The number of amidine groups is 1. The Morgan fingerprint density at radius 3 is 2.45 bits per heavy atom. The van der Waals surface area contributed by atoms with Gasteiger partial charge in [-0.15, -0.1) is 0 Å². The van der Waals surface area contributed by atoms with Crippen LogP contribution in [-0.2, 0) is 10.0 Å². The second kappa shape index (κ2) is 8.61. The molecule has 0 aliphatic rings. The molecular weight excluding hydrogens is 384 g/mol. The average Bonchev–Trinajstić information content (AvgIpc) is 2.71. The molecule has 0 bridgehead atoms. The predicted molar refractivity (Wildman–Crippen MR) is 118 cm³/mol. The first-order valence-electron chi connectivity index (χ1n) is 8.74. The maximum absolute atomic E-state index is 11.8. The van der Waals surface area contributed by atoms with Crippen LogP contribution in [0.3, 0.4) is 0 Å². The van der Waals surface area contributed by atoms with E-state index in [1.807, 2.05) is 36.4 Å². The Bertz CT molecular complexity index is 1210. The molecule has 3 aromatic rings. The van der Waals surface area contributed by atoms with Gasteiger partial charge in [-0.1, -0.05) is 54.3 Å². The Balaban J connectivity index is 0.00000320. The highest BCUT2D eigenvalue weighted by Gasteiger charge is 2.14. The van der Waals surface area contributed by atoms with Gasteiger partial charge in [-0.05, 0) is 35.9 Å². The normalized spacial score (nSPS) is 10.7. The maximum atomic E-state index is 11.8. The van der Waals surface area contributed by atoms with Crippen LogP contribution in [0.1, 0.15) is 12.6 Å². The Morgan fingerprint density at radius 1 is 1.03 bits per heavy atom. The first kappa shape index (κ1) is 20.1. The standard InChI is InChI=1S/C22H20N4O2S.H2/c23-22(24)18-6-3-7-19(15-18)26-14-4-5-16-10-12-17(13-11-16)20-8-1-2-9-21(20)29(25,27)28;/h1-3,6-13,15,26H,14H2,(H3,23,24)(H2,25,27,28);1H. The molecule has 7 heteroatoms. The molecule has 0 unspecified atom stereocenters. The quantitative estimate of drug-likeness (QED) is 0.295. The molecule has 0 aliphatic heterocycles. The summed E-state index contributed by atoms with van der Waals surface area (Å²) in [5.41, 5.74) is 9.09. The SMILES string of the molecule is N=C(N)c1cccc(NCC#Cc2ccc(-c3ccccc3S(N)(=O)=O)cc2)c1.[HH]. The number of nitrogens with one attached hydrogen (secondary N) is 2. The zero-order valence-corrected chi connectivity index (χ0v) is 16.3. The lowest BCUT2D eigenvalue weighted by Gasteiger charge is -2.07. The number of anilines is 1. The number of nitrogens with two attached hydrogens (primary N) is 2. The average molecular weight is 407 g/mol. The van der Waals surface area contributed by atoms with Gasteiger partial charge in [0.2, 0.25) is 10.0 Å². The summed E-state index contributed by atoms with van der Waals surface area (Å²) in [6.45, 7) is 0.428. The highest BCUT2D eigenvalue weighted by atomic mass is 32.2. The van der Waals surface area contributed by atoms with Crippen LogP contribution in [0.15, 0.2) is 77.7 Å². The molecule has 0 spiro atoms. The summed E-state index contributed by atoms with van der Waals surface area (Å²) >= 11 is 0. The molecule has 6 N–H and O–H groups in total. The van der Waals surface area contributed by atoms with Crippen LogP contribution in [0.5, 0.6) is 0 Å². The Labute approximate surface area is 171 Å². The lowest BCUT2D eigenvalue weighted by molar-refractivity contribution is 0.598. The first-order chi connectivity index (χ1) is 13.8. The van der Waals surface area contributed by atoms with Crippen molar-refractivity contribution >= 4 is 21.5 Å². The summed E-state index contributed by atoms with van der Waals surface area (Å²) in [6, 6.07) is 21.2. The lowest BCUT2D eigenvalue weighted by atomic mass is 10.0. The van der Waals surface area contributed by atoms with Gasteiger partial charge in [0.1, 0.15) is 5.84 Å². The minimum absolute atomic E-state index is 0. The smallest absolute Gasteiger partial charge is 0.238 e. The topological polar surface area (TPSA) is 122 Å². The van der Waals surface area contributed by atoms with Gasteiger partial charge in [-0.2, -0.15) is 0 Å². The molecule has 0 atom stereocenters. The van der Waals surface area contributed by atoms with Crippen molar-refractivity contribution in [1.29, 1.82) is 5.41 Å². The van der Waals surface area contributed by atoms with Crippen LogP contribution in [0.4, 0.5) is 5.69 Å². The zero-order chi connectivity index (χ0) is 20.9. The van der Waals surface area contributed by atoms with Crippen molar-refractivity contribution in [2.75, 3.05) is 11.9 Å². The Kier molecular flexibility index (Phi) is 5.98. The lowest BCUT2D eigenvalue weighted by Crippen LogP contribution is -2.13. The summed E-state index contributed by atoms with van der Waals surface area (Å²) in [7, 11) is -3.80. The highest BCUT2D eigenvalue weighted by Crippen LogP contribution is 2.26. The minimum Gasteiger partial charge on any atom is -0.384 e. The summed E-state index contributed by atoms with van der Waals surface area (Å²) < 4.78 is 23.5. The van der Waals surface area contributed by atoms with E-state index in [2.05, 4.69) is 17.2 Å². The van der Waals surface area contributed by atoms with Crippen LogP contribution < -0.4 is 16.2 Å². The molecule has 6 nitrogen and oxygen atoms in total. The highest BCUT2D eigenvalue weighted by molar-refractivity contribution is 7.89. The third-order valence-corrected chi connectivity index (χ3v) is 5.15. The summed E-state index contributed by atoms with van der Waals surface area (Å²) in [5.74, 6) is 6.10. The third-order valence-electron chi connectivity index (χ3n) is 4.18. The molecule has 0 aromatic heterocycles. The van der Waals surface area contributed by atoms with E-state index in [-0.39, 0.29) is 12.2 Å². The molecule has 3 rings (SSSR count). The molecule has 148 valence electrons. The summed E-state index contributed by atoms with van der Waals surface area (Å²) in [5, 5.41) is 15.9. The fourth-order valence-corrected chi connectivity index (χ4v) is 3.54. The van der Waals surface area contributed by atoms with Gasteiger partial charge >= 0.3 is 0 Å². The fourth-order valence-electron chi connectivity index (χ4n) is 2.78. The van der Waals surface area contributed by atoms with Crippen LogP contribution in [0, 0.1) is 17.3 Å². The second-order valence-corrected chi connectivity index (χ2v) is 7.80. The monoisotopic (exact) mass is 406 g/mol. The summed E-state index contributed by atoms with van der Waals surface area (Å²) in [6.07, 6.45) is 0. The molecule has 29 heavy (non-hydrogen) atoms. The van der Waals surface area contributed by atoms with Gasteiger partial charge < -0.3 is 11.1 Å². The van der Waals surface area contributed by atoms with Gasteiger partial charge in [0.15, 0.2) is 0 Å². The number of benzene rings is 3. The van der Waals surface area contributed by atoms with Gasteiger partial charge in [-0.25, -0.2) is 13.6 Å². The van der Waals surface area contributed by atoms with Crippen LogP contribution in [-0.4, -0.2) is 20.8 Å². The van der Waals surface area contributed by atoms with Gasteiger partial charge in [0, 0.05) is 23.8 Å². The van der Waals surface area contributed by atoms with Crippen molar-refractivity contribution in [2.45, 2.75) is 4.90 Å². The first-order valence-corrected chi connectivity index (χ1v) is 10.3. The van der Waals surface area contributed by atoms with Gasteiger partial charge in [0.25, 0.3) is 0 Å². The molecular formula is C22H22N4O2S. The largest absolute Gasteiger partial charge is 0.384 e. The number of nitrogen functional groups attached to an aromatic ring is 1. The maximum Gasteiger partial charge on any atom is 0.238 e. The fraction of sp³-hybridized carbons (Fsp3) is 0.0455. The molecule has 0 radical (unpaired) electrons. The number of primary sulfonamides is 1. The van der Waals surface area contributed by atoms with Crippen molar-refractivity contribution in [3.8, 4) is 23.0 Å². The number of rotatable bonds is 5. The van der Waals surface area contributed by atoms with Crippen molar-refractivity contribution < 1.29 is 9.84 Å². The molecule has 0 fully saturated rings. The van der Waals surface area contributed by atoms with Crippen molar-refractivity contribution in [3.05, 3.63) is 83.9 Å². The third kappa shape index (κ3) is 5.23.